The molecule has 0 fully saturated rings. The van der Waals surface area contributed by atoms with Gasteiger partial charge in [0.25, 0.3) is 0 Å². The Labute approximate surface area is 197 Å². The molecule has 1 aliphatic heterocycles. The molecule has 2 heterocycles. The normalized spacial score (nSPS) is 14.2. The molecule has 0 atom stereocenters. The van der Waals surface area contributed by atoms with Crippen molar-refractivity contribution in [2.75, 3.05) is 39.6 Å². The number of fused-ring (bicyclic) bond motifs is 1. The third kappa shape index (κ3) is 6.90. The fourth-order valence-corrected chi connectivity index (χ4v) is 2.98. The first-order valence-corrected chi connectivity index (χ1v) is 8.94. The lowest BCUT2D eigenvalue weighted by Crippen LogP contribution is -3.00. The largest absolute Gasteiger partial charge is 1.00 e. The van der Waals surface area contributed by atoms with Crippen LogP contribution in [0.15, 0.2) is 54.7 Å². The lowest BCUT2D eigenvalue weighted by Gasteiger charge is -2.23. The van der Waals surface area contributed by atoms with Gasteiger partial charge >= 0.3 is 0 Å². The molecule has 0 saturated carbocycles. The van der Waals surface area contributed by atoms with E-state index in [1.54, 1.807) is 0 Å². The lowest BCUT2D eigenvalue weighted by atomic mass is 10.2. The molecule has 0 bridgehead atoms. The molecular formula is C21H29I2N3O. The monoisotopic (exact) mass is 593 g/mol. The molecule has 0 saturated heterocycles. The maximum atomic E-state index is 5.94. The van der Waals surface area contributed by atoms with E-state index in [-0.39, 0.29) is 48.0 Å². The van der Waals surface area contributed by atoms with Crippen LogP contribution in [0, 0.1) is 0 Å². The summed E-state index contributed by atoms with van der Waals surface area (Å²) in [4.78, 5) is 2.08. The number of aromatic nitrogens is 1. The van der Waals surface area contributed by atoms with Gasteiger partial charge in [0, 0.05) is 38.1 Å². The summed E-state index contributed by atoms with van der Waals surface area (Å²) >= 11 is 0. The van der Waals surface area contributed by atoms with E-state index in [2.05, 4.69) is 67.3 Å². The molecule has 0 unspecified atom stereocenters. The fourth-order valence-electron chi connectivity index (χ4n) is 2.98. The number of hydrogen-bond donors (Lipinski definition) is 0. The van der Waals surface area contributed by atoms with Crippen LogP contribution < -0.4 is 62.2 Å². The Kier molecular flexibility index (Phi) is 9.50. The van der Waals surface area contributed by atoms with Crippen LogP contribution in [0.4, 0.5) is 5.69 Å². The van der Waals surface area contributed by atoms with Gasteiger partial charge in [-0.15, -0.1) is 0 Å². The maximum Gasteiger partial charge on any atom is 0.200 e. The zero-order valence-corrected chi connectivity index (χ0v) is 20.8. The Morgan fingerprint density at radius 3 is 2.30 bits per heavy atom. The number of aryl methyl sites for hydroxylation is 1. The quantitative estimate of drug-likeness (QED) is 0.157. The van der Waals surface area contributed by atoms with Crippen LogP contribution in [0.5, 0.6) is 5.75 Å². The highest BCUT2D eigenvalue weighted by atomic mass is 127. The van der Waals surface area contributed by atoms with Gasteiger partial charge in [-0.25, -0.2) is 4.57 Å². The SMILES string of the molecule is CN1C(=Cc2cc[n+](CCCC[N+](C)(C)C)cc2)Oc2ccccc21.[I-].[I-]. The van der Waals surface area contributed by atoms with Gasteiger partial charge in [-0.1, -0.05) is 12.1 Å². The van der Waals surface area contributed by atoms with E-state index in [4.69, 9.17) is 4.74 Å². The highest BCUT2D eigenvalue weighted by molar-refractivity contribution is 5.70. The minimum absolute atomic E-state index is 0. The summed E-state index contributed by atoms with van der Waals surface area (Å²) in [5, 5.41) is 0. The number of pyridine rings is 1. The Bertz CT molecular complexity index is 755. The molecule has 6 heteroatoms. The highest BCUT2D eigenvalue weighted by Crippen LogP contribution is 2.37. The number of halogens is 2. The van der Waals surface area contributed by atoms with Gasteiger partial charge in [0.2, 0.25) is 5.88 Å². The van der Waals surface area contributed by atoms with Crippen molar-refractivity contribution in [1.82, 2.24) is 0 Å². The standard InChI is InChI=1S/C21H29N3O.2HI/c1-22-19-9-5-6-10-20(19)25-21(22)17-18-11-14-23(15-12-18)13-7-8-16-24(2,3)4;;/h5-6,9-12,14-15,17H,7-8,13,16H2,1-4H3;2*1H/q+2;;/p-2. The van der Waals surface area contributed by atoms with Crippen LogP contribution >= 0.6 is 0 Å². The first-order valence-electron chi connectivity index (χ1n) is 8.94. The van der Waals surface area contributed by atoms with Crippen LogP contribution in [0.25, 0.3) is 6.08 Å². The van der Waals surface area contributed by atoms with Crippen molar-refractivity contribution in [2.45, 2.75) is 19.4 Å². The van der Waals surface area contributed by atoms with E-state index in [1.807, 2.05) is 25.2 Å². The average molecular weight is 593 g/mol. The summed E-state index contributed by atoms with van der Waals surface area (Å²) in [6, 6.07) is 12.4. The number of hydrogen-bond acceptors (Lipinski definition) is 2. The van der Waals surface area contributed by atoms with Crippen LogP contribution in [-0.4, -0.2) is 39.2 Å². The van der Waals surface area contributed by atoms with Gasteiger partial charge in [0.05, 0.1) is 33.4 Å². The van der Waals surface area contributed by atoms with Gasteiger partial charge < -0.3 is 62.1 Å². The van der Waals surface area contributed by atoms with E-state index in [0.29, 0.717) is 0 Å². The molecule has 148 valence electrons. The maximum absolute atomic E-state index is 5.94. The number of nitrogens with zero attached hydrogens (tertiary/aromatic N) is 3. The predicted molar refractivity (Wildman–Crippen MR) is 102 cm³/mol. The molecule has 0 N–H and O–H groups in total. The third-order valence-electron chi connectivity index (χ3n) is 4.47. The number of para-hydroxylation sites is 2. The van der Waals surface area contributed by atoms with Crippen LogP contribution in [0.3, 0.4) is 0 Å². The van der Waals surface area contributed by atoms with Crippen molar-refractivity contribution in [3.63, 3.8) is 0 Å². The molecule has 0 spiro atoms. The van der Waals surface area contributed by atoms with Crippen LogP contribution in [-0.2, 0) is 6.54 Å². The van der Waals surface area contributed by atoms with Crippen molar-refractivity contribution < 1.29 is 61.7 Å². The van der Waals surface area contributed by atoms with E-state index >= 15 is 0 Å². The number of ether oxygens (including phenoxy) is 1. The second-order valence-corrected chi connectivity index (χ2v) is 7.70. The minimum atomic E-state index is 0. The number of rotatable bonds is 6. The summed E-state index contributed by atoms with van der Waals surface area (Å²) < 4.78 is 9.23. The van der Waals surface area contributed by atoms with Crippen molar-refractivity contribution >= 4 is 11.8 Å². The average Bonchev–Trinajstić information content (AvgIpc) is 2.89. The number of unbranched alkanes of at least 4 members (excludes halogenated alkanes) is 1. The summed E-state index contributed by atoms with van der Waals surface area (Å²) in [5.41, 5.74) is 2.26. The topological polar surface area (TPSA) is 16.4 Å². The van der Waals surface area contributed by atoms with Gasteiger partial charge in [-0.2, -0.15) is 0 Å². The van der Waals surface area contributed by atoms with E-state index in [0.717, 1.165) is 33.9 Å². The first kappa shape index (κ1) is 24.2. The van der Waals surface area contributed by atoms with E-state index in [9.17, 15) is 0 Å². The summed E-state index contributed by atoms with van der Waals surface area (Å²) in [5.74, 6) is 1.78. The number of anilines is 1. The van der Waals surface area contributed by atoms with Crippen LogP contribution in [0.2, 0.25) is 0 Å². The summed E-state index contributed by atoms with van der Waals surface area (Å²) in [6.07, 6.45) is 8.85. The Hall–Kier alpha value is -0.870. The zero-order valence-electron chi connectivity index (χ0n) is 16.5. The predicted octanol–water partition coefficient (Wildman–Crippen LogP) is -2.70. The Balaban J connectivity index is 0.00000182. The van der Waals surface area contributed by atoms with Crippen molar-refractivity contribution in [3.8, 4) is 5.75 Å². The zero-order chi connectivity index (χ0) is 17.9. The molecule has 0 amide bonds. The van der Waals surface area contributed by atoms with Crippen LogP contribution in [0.1, 0.15) is 18.4 Å². The Morgan fingerprint density at radius 1 is 1.00 bits per heavy atom. The van der Waals surface area contributed by atoms with Gasteiger partial charge in [0.1, 0.15) is 6.54 Å². The molecule has 27 heavy (non-hydrogen) atoms. The summed E-state index contributed by atoms with van der Waals surface area (Å²) in [6.45, 7) is 2.29. The number of quaternary nitrogens is 1. The first-order chi connectivity index (χ1) is 11.9. The second-order valence-electron chi connectivity index (χ2n) is 7.70. The molecule has 4 nitrogen and oxygen atoms in total. The molecule has 1 aliphatic rings. The van der Waals surface area contributed by atoms with Crippen molar-refractivity contribution in [1.29, 1.82) is 0 Å². The van der Waals surface area contributed by atoms with E-state index < -0.39 is 0 Å². The molecule has 3 rings (SSSR count). The smallest absolute Gasteiger partial charge is 0.200 e. The second kappa shape index (κ2) is 10.6. The molecule has 0 aliphatic carbocycles. The number of benzene rings is 1. The van der Waals surface area contributed by atoms with Gasteiger partial charge in [-0.05, 0) is 17.7 Å². The third-order valence-corrected chi connectivity index (χ3v) is 4.47. The lowest BCUT2D eigenvalue weighted by molar-refractivity contribution is -0.870. The van der Waals surface area contributed by atoms with Crippen molar-refractivity contribution in [2.24, 2.45) is 0 Å². The molecule has 1 aromatic carbocycles. The molecule has 1 aromatic heterocycles. The van der Waals surface area contributed by atoms with Gasteiger partial charge in [0.15, 0.2) is 18.1 Å². The van der Waals surface area contributed by atoms with Gasteiger partial charge in [-0.3, -0.25) is 0 Å². The minimum Gasteiger partial charge on any atom is -1.00 e. The molecular weight excluding hydrogens is 564 g/mol. The van der Waals surface area contributed by atoms with E-state index in [1.165, 1.54) is 19.4 Å². The molecule has 2 aromatic rings. The highest BCUT2D eigenvalue weighted by Gasteiger charge is 2.22. The Morgan fingerprint density at radius 2 is 1.67 bits per heavy atom. The fraction of sp³-hybridized carbons (Fsp3) is 0.381. The molecule has 0 radical (unpaired) electrons. The van der Waals surface area contributed by atoms with Crippen molar-refractivity contribution in [3.05, 3.63) is 60.2 Å². The summed E-state index contributed by atoms with van der Waals surface area (Å²) in [7, 11) is 8.77.